The van der Waals surface area contributed by atoms with E-state index in [9.17, 15) is 5.11 Å². The van der Waals surface area contributed by atoms with Crippen molar-refractivity contribution in [2.45, 2.75) is 38.7 Å². The Kier molecular flexibility index (Phi) is 4.01. The number of rotatable bonds is 6. The average molecular weight is 335 g/mol. The van der Waals surface area contributed by atoms with Gasteiger partial charge in [-0.05, 0) is 36.6 Å². The molecule has 1 aliphatic carbocycles. The third-order valence-corrected chi connectivity index (χ3v) is 4.46. The molecule has 0 unspecified atom stereocenters. The van der Waals surface area contributed by atoms with Crippen LogP contribution in [-0.2, 0) is 6.61 Å². The van der Waals surface area contributed by atoms with E-state index in [1.165, 1.54) is 0 Å². The largest absolute Gasteiger partial charge is 0.458 e. The number of fused-ring (bicyclic) bond motifs is 1. The van der Waals surface area contributed by atoms with Gasteiger partial charge in [-0.15, -0.1) is 0 Å². The van der Waals surface area contributed by atoms with E-state index in [4.69, 9.17) is 14.8 Å². The van der Waals surface area contributed by atoms with E-state index in [0.717, 1.165) is 41.9 Å². The number of benzene rings is 1. The lowest BCUT2D eigenvalue weighted by molar-refractivity contribution is 0.282. The molecule has 2 heterocycles. The fourth-order valence-electron chi connectivity index (χ4n) is 2.82. The first-order chi connectivity index (χ1) is 12.2. The number of pyridine rings is 1. The number of hydrogen-bond donors (Lipinski definition) is 1. The van der Waals surface area contributed by atoms with Gasteiger partial charge in [-0.2, -0.15) is 5.10 Å². The van der Waals surface area contributed by atoms with Gasteiger partial charge in [0.05, 0.1) is 18.1 Å². The molecule has 128 valence electrons. The Bertz CT molecular complexity index is 941. The second-order valence-electron chi connectivity index (χ2n) is 6.42. The molecule has 0 bridgehead atoms. The summed E-state index contributed by atoms with van der Waals surface area (Å²) in [4.78, 5) is 4.73. The molecular formula is C20H21N3O2. The molecule has 0 saturated heterocycles. The van der Waals surface area contributed by atoms with Crippen LogP contribution in [0.4, 0.5) is 0 Å². The molecular weight excluding hydrogens is 314 g/mol. The molecule has 1 saturated carbocycles. The molecule has 0 amide bonds. The van der Waals surface area contributed by atoms with Gasteiger partial charge in [0.1, 0.15) is 0 Å². The van der Waals surface area contributed by atoms with Crippen LogP contribution in [0.5, 0.6) is 5.75 Å². The summed E-state index contributed by atoms with van der Waals surface area (Å²) in [6, 6.07) is 11.7. The summed E-state index contributed by atoms with van der Waals surface area (Å²) in [7, 11) is 0. The standard InChI is InChI=1S/C20H21N3O2/c1-3-13(2)25-18-10-9-17(16-6-4-5-14(11-16)12-24)23-20(18)21-19(22-23)15-7-8-15/h4-6,9-11,15,24H,2-3,7-8,12H2,1H3. The van der Waals surface area contributed by atoms with Crippen LogP contribution >= 0.6 is 0 Å². The monoisotopic (exact) mass is 335 g/mol. The second-order valence-corrected chi connectivity index (χ2v) is 6.42. The van der Waals surface area contributed by atoms with Crippen molar-refractivity contribution in [3.05, 3.63) is 60.1 Å². The van der Waals surface area contributed by atoms with E-state index in [2.05, 4.69) is 6.58 Å². The SMILES string of the molecule is C=C(CC)Oc1ccc(-c2cccc(CO)c2)n2nc(C3CC3)nc12. The minimum Gasteiger partial charge on any atom is -0.458 e. The Morgan fingerprint density at radius 1 is 1.32 bits per heavy atom. The van der Waals surface area contributed by atoms with Crippen molar-refractivity contribution in [1.82, 2.24) is 14.6 Å². The highest BCUT2D eigenvalue weighted by Gasteiger charge is 2.29. The molecule has 0 spiro atoms. The molecule has 5 nitrogen and oxygen atoms in total. The zero-order chi connectivity index (χ0) is 17.4. The third-order valence-electron chi connectivity index (χ3n) is 4.46. The highest BCUT2D eigenvalue weighted by molar-refractivity contribution is 5.67. The van der Waals surface area contributed by atoms with Crippen LogP contribution in [-0.4, -0.2) is 19.7 Å². The summed E-state index contributed by atoms with van der Waals surface area (Å²) in [5.74, 6) is 2.71. The van der Waals surface area contributed by atoms with Gasteiger partial charge in [0.15, 0.2) is 17.2 Å². The van der Waals surface area contributed by atoms with Crippen molar-refractivity contribution in [3.8, 4) is 17.0 Å². The Labute approximate surface area is 146 Å². The van der Waals surface area contributed by atoms with Gasteiger partial charge < -0.3 is 9.84 Å². The van der Waals surface area contributed by atoms with Gasteiger partial charge in [-0.1, -0.05) is 31.7 Å². The molecule has 5 heteroatoms. The van der Waals surface area contributed by atoms with E-state index in [1.54, 1.807) is 0 Å². The first-order valence-electron chi connectivity index (χ1n) is 8.65. The van der Waals surface area contributed by atoms with Crippen LogP contribution in [0.1, 0.15) is 43.5 Å². The molecule has 2 aromatic heterocycles. The lowest BCUT2D eigenvalue weighted by Gasteiger charge is -2.11. The van der Waals surface area contributed by atoms with E-state index in [-0.39, 0.29) is 6.61 Å². The van der Waals surface area contributed by atoms with Crippen LogP contribution in [0, 0.1) is 0 Å². The van der Waals surface area contributed by atoms with Crippen LogP contribution in [0.2, 0.25) is 0 Å². The van der Waals surface area contributed by atoms with Crippen molar-refractivity contribution >= 4 is 5.65 Å². The molecule has 1 aromatic carbocycles. The molecule has 1 fully saturated rings. The summed E-state index contributed by atoms with van der Waals surface area (Å²) in [5.41, 5.74) is 3.50. The Morgan fingerprint density at radius 3 is 2.88 bits per heavy atom. The number of hydrogen-bond acceptors (Lipinski definition) is 4. The summed E-state index contributed by atoms with van der Waals surface area (Å²) in [5, 5.41) is 14.1. The molecule has 0 radical (unpaired) electrons. The normalized spacial score (nSPS) is 14.0. The number of aliphatic hydroxyl groups excluding tert-OH is 1. The van der Waals surface area contributed by atoms with Gasteiger partial charge in [-0.3, -0.25) is 0 Å². The topological polar surface area (TPSA) is 59.7 Å². The molecule has 3 aromatic rings. The number of nitrogens with zero attached hydrogens (tertiary/aromatic N) is 3. The number of aliphatic hydroxyl groups is 1. The van der Waals surface area contributed by atoms with Crippen molar-refractivity contribution in [2.24, 2.45) is 0 Å². The van der Waals surface area contributed by atoms with Gasteiger partial charge in [-0.25, -0.2) is 9.50 Å². The minimum atomic E-state index is 0.0131. The van der Waals surface area contributed by atoms with Crippen LogP contribution in [0.15, 0.2) is 48.7 Å². The Balaban J connectivity index is 1.87. The van der Waals surface area contributed by atoms with Crippen molar-refractivity contribution in [1.29, 1.82) is 0 Å². The lowest BCUT2D eigenvalue weighted by Crippen LogP contribution is -1.99. The third kappa shape index (κ3) is 3.03. The van der Waals surface area contributed by atoms with Crippen molar-refractivity contribution in [3.63, 3.8) is 0 Å². The first-order valence-corrected chi connectivity index (χ1v) is 8.65. The van der Waals surface area contributed by atoms with E-state index < -0.39 is 0 Å². The maximum absolute atomic E-state index is 9.41. The van der Waals surface area contributed by atoms with Crippen LogP contribution in [0.3, 0.4) is 0 Å². The summed E-state index contributed by atoms with van der Waals surface area (Å²) >= 11 is 0. The molecule has 4 rings (SSSR count). The smallest absolute Gasteiger partial charge is 0.199 e. The zero-order valence-electron chi connectivity index (χ0n) is 14.3. The summed E-state index contributed by atoms with van der Waals surface area (Å²) < 4.78 is 7.72. The minimum absolute atomic E-state index is 0.0131. The van der Waals surface area contributed by atoms with Crippen LogP contribution < -0.4 is 4.74 Å². The lowest BCUT2D eigenvalue weighted by atomic mass is 10.1. The fourth-order valence-corrected chi connectivity index (χ4v) is 2.82. The molecule has 1 aliphatic rings. The van der Waals surface area contributed by atoms with E-state index in [1.807, 2.05) is 47.8 Å². The number of aromatic nitrogens is 3. The maximum atomic E-state index is 9.41. The molecule has 25 heavy (non-hydrogen) atoms. The zero-order valence-corrected chi connectivity index (χ0v) is 14.3. The molecule has 1 N–H and O–H groups in total. The summed E-state index contributed by atoms with van der Waals surface area (Å²) in [6.45, 7) is 5.95. The predicted octanol–water partition coefficient (Wildman–Crippen LogP) is 4.07. The highest BCUT2D eigenvalue weighted by atomic mass is 16.5. The van der Waals surface area contributed by atoms with E-state index >= 15 is 0 Å². The van der Waals surface area contributed by atoms with Crippen molar-refractivity contribution < 1.29 is 9.84 Å². The average Bonchev–Trinajstić information content (AvgIpc) is 3.40. The van der Waals surface area contributed by atoms with Crippen LogP contribution in [0.25, 0.3) is 16.9 Å². The maximum Gasteiger partial charge on any atom is 0.199 e. The second kappa shape index (κ2) is 6.33. The van der Waals surface area contributed by atoms with Gasteiger partial charge in [0.25, 0.3) is 0 Å². The van der Waals surface area contributed by atoms with E-state index in [0.29, 0.717) is 23.1 Å². The number of allylic oxidation sites excluding steroid dienone is 1. The van der Waals surface area contributed by atoms with Crippen molar-refractivity contribution in [2.75, 3.05) is 0 Å². The fraction of sp³-hybridized carbons (Fsp3) is 0.300. The molecule has 0 atom stereocenters. The highest BCUT2D eigenvalue weighted by Crippen LogP contribution is 2.39. The van der Waals surface area contributed by atoms with Gasteiger partial charge in [0, 0.05) is 17.9 Å². The predicted molar refractivity (Wildman–Crippen MR) is 96.4 cm³/mol. The summed E-state index contributed by atoms with van der Waals surface area (Å²) in [6.07, 6.45) is 3.03. The first kappa shape index (κ1) is 15.8. The quantitative estimate of drug-likeness (QED) is 0.690. The Morgan fingerprint density at radius 2 is 2.16 bits per heavy atom. The Hall–Kier alpha value is -2.66. The van der Waals surface area contributed by atoms with Gasteiger partial charge >= 0.3 is 0 Å². The molecule has 0 aliphatic heterocycles. The van der Waals surface area contributed by atoms with Gasteiger partial charge in [0.2, 0.25) is 0 Å². The number of ether oxygens (including phenoxy) is 1.